The van der Waals surface area contributed by atoms with Crippen LogP contribution in [0.25, 0.3) is 45.5 Å². The highest BCUT2D eigenvalue weighted by Gasteiger charge is 2.26. The smallest absolute Gasteiger partial charge is 0.218 e. The summed E-state index contributed by atoms with van der Waals surface area (Å²) in [4.78, 5) is 4.67. The zero-order chi connectivity index (χ0) is 26.7. The Morgan fingerprint density at radius 2 is 1.20 bits per heavy atom. The Morgan fingerprint density at radius 3 is 2.02 bits per heavy atom. The third-order valence-electron chi connectivity index (χ3n) is 7.63. The maximum absolute atomic E-state index is 4.67. The van der Waals surface area contributed by atoms with Crippen LogP contribution in [0.15, 0.2) is 146 Å². The number of fused-ring (bicyclic) bond motifs is 6. The van der Waals surface area contributed by atoms with Gasteiger partial charge in [-0.25, -0.2) is 0 Å². The summed E-state index contributed by atoms with van der Waals surface area (Å²) < 4.78 is 4.74. The van der Waals surface area contributed by atoms with Gasteiger partial charge in [0.2, 0.25) is 11.4 Å². The van der Waals surface area contributed by atoms with Crippen molar-refractivity contribution < 1.29 is 9.13 Å². The monoisotopic (exact) mass is 515 g/mol. The predicted molar refractivity (Wildman–Crippen MR) is 161 cm³/mol. The zero-order valence-corrected chi connectivity index (χ0v) is 22.2. The Balaban J connectivity index is 1.52. The summed E-state index contributed by atoms with van der Waals surface area (Å²) in [7, 11) is 0. The lowest BCUT2D eigenvalue weighted by molar-refractivity contribution is -0.677. The van der Waals surface area contributed by atoms with Gasteiger partial charge in [0.25, 0.3) is 0 Å². The molecule has 0 bridgehead atoms. The van der Waals surface area contributed by atoms with E-state index in [4.69, 9.17) is 0 Å². The summed E-state index contributed by atoms with van der Waals surface area (Å²) in [6.45, 7) is 0.789. The van der Waals surface area contributed by atoms with E-state index in [1.54, 1.807) is 0 Å². The highest BCUT2D eigenvalue weighted by molar-refractivity contribution is 5.80. The van der Waals surface area contributed by atoms with Crippen LogP contribution in [0.3, 0.4) is 0 Å². The fourth-order valence-electron chi connectivity index (χ4n) is 5.75. The molecule has 190 valence electrons. The molecule has 0 saturated heterocycles. The second kappa shape index (κ2) is 10.5. The molecule has 1 aliphatic rings. The minimum absolute atomic E-state index is 0.769. The summed E-state index contributed by atoms with van der Waals surface area (Å²) in [5, 5.41) is 0. The van der Waals surface area contributed by atoms with Gasteiger partial charge in [-0.1, -0.05) is 66.7 Å². The maximum atomic E-state index is 4.67. The number of hydrogen-bond acceptors (Lipinski definition) is 1. The van der Waals surface area contributed by atoms with Gasteiger partial charge in [-0.2, -0.15) is 9.13 Å². The lowest BCUT2D eigenvalue weighted by Crippen LogP contribution is -2.37. The van der Waals surface area contributed by atoms with E-state index in [0.29, 0.717) is 0 Å². The molecule has 0 unspecified atom stereocenters. The summed E-state index contributed by atoms with van der Waals surface area (Å²) >= 11 is 0. The lowest BCUT2D eigenvalue weighted by Gasteiger charge is -2.11. The van der Waals surface area contributed by atoms with E-state index in [9.17, 15) is 0 Å². The van der Waals surface area contributed by atoms with Crippen LogP contribution < -0.4 is 9.13 Å². The molecule has 0 amide bonds. The molecule has 4 heterocycles. The van der Waals surface area contributed by atoms with E-state index in [0.717, 1.165) is 29.8 Å². The van der Waals surface area contributed by atoms with Gasteiger partial charge in [0, 0.05) is 53.2 Å². The van der Waals surface area contributed by atoms with Gasteiger partial charge < -0.3 is 0 Å². The molecule has 3 aromatic carbocycles. The molecule has 0 saturated carbocycles. The third-order valence-corrected chi connectivity index (χ3v) is 7.63. The van der Waals surface area contributed by atoms with E-state index < -0.39 is 0 Å². The minimum atomic E-state index is 0.769. The SMILES string of the molecule is C(=C1\Cc2ccccc2-c2cccc[n+]2Cc2ccccc2-c2cccc[n+]21)/c1ccccc1-c1ccccn1. The number of pyridine rings is 3. The molecule has 7 rings (SSSR count). The average Bonchev–Trinajstić information content (AvgIpc) is 3.04. The molecule has 0 spiro atoms. The van der Waals surface area contributed by atoms with Crippen molar-refractivity contribution in [3.8, 4) is 33.8 Å². The van der Waals surface area contributed by atoms with Crippen LogP contribution in [0.5, 0.6) is 0 Å². The van der Waals surface area contributed by atoms with Crippen LogP contribution in [-0.4, -0.2) is 4.98 Å². The number of allylic oxidation sites excluding steroid dienone is 1. The van der Waals surface area contributed by atoms with Crippen LogP contribution in [-0.2, 0) is 13.0 Å². The Labute approximate surface area is 235 Å². The quantitative estimate of drug-likeness (QED) is 0.222. The summed E-state index contributed by atoms with van der Waals surface area (Å²) in [5.74, 6) is 0. The Kier molecular flexibility index (Phi) is 6.31. The van der Waals surface area contributed by atoms with Crippen LogP contribution in [0.1, 0.15) is 16.7 Å². The van der Waals surface area contributed by atoms with Gasteiger partial charge in [-0.15, -0.1) is 0 Å². The van der Waals surface area contributed by atoms with E-state index in [2.05, 4.69) is 148 Å². The molecule has 0 aliphatic carbocycles. The first-order valence-corrected chi connectivity index (χ1v) is 13.7. The van der Waals surface area contributed by atoms with Gasteiger partial charge >= 0.3 is 0 Å². The van der Waals surface area contributed by atoms with Gasteiger partial charge in [0.05, 0.1) is 17.7 Å². The molecule has 6 aromatic rings. The fraction of sp³-hybridized carbons (Fsp3) is 0.0541. The number of rotatable bonds is 2. The van der Waals surface area contributed by atoms with Crippen LogP contribution in [0.4, 0.5) is 0 Å². The van der Waals surface area contributed by atoms with Crippen molar-refractivity contribution >= 4 is 11.8 Å². The molecule has 0 fully saturated rings. The van der Waals surface area contributed by atoms with Crippen molar-refractivity contribution in [2.45, 2.75) is 13.0 Å². The highest BCUT2D eigenvalue weighted by atomic mass is 15.0. The maximum Gasteiger partial charge on any atom is 0.218 e. The molecular formula is C37H29N3+2. The van der Waals surface area contributed by atoms with Crippen LogP contribution in [0.2, 0.25) is 0 Å². The van der Waals surface area contributed by atoms with Crippen molar-refractivity contribution in [2.24, 2.45) is 0 Å². The van der Waals surface area contributed by atoms with Crippen molar-refractivity contribution in [1.82, 2.24) is 4.98 Å². The number of benzene rings is 3. The first-order chi connectivity index (χ1) is 19.8. The molecule has 0 radical (unpaired) electrons. The van der Waals surface area contributed by atoms with E-state index in [1.807, 2.05) is 18.3 Å². The van der Waals surface area contributed by atoms with E-state index in [1.165, 1.54) is 39.3 Å². The Bertz CT molecular complexity index is 1850. The molecular weight excluding hydrogens is 486 g/mol. The van der Waals surface area contributed by atoms with Crippen LogP contribution >= 0.6 is 0 Å². The fourth-order valence-corrected chi connectivity index (χ4v) is 5.75. The van der Waals surface area contributed by atoms with E-state index in [-0.39, 0.29) is 0 Å². The summed E-state index contributed by atoms with van der Waals surface area (Å²) in [6, 6.07) is 45.2. The van der Waals surface area contributed by atoms with Gasteiger partial charge in [0.15, 0.2) is 24.6 Å². The largest absolute Gasteiger partial charge is 0.256 e. The Morgan fingerprint density at radius 1 is 0.550 bits per heavy atom. The average molecular weight is 516 g/mol. The minimum Gasteiger partial charge on any atom is -0.256 e. The number of aromatic nitrogens is 3. The first kappa shape index (κ1) is 23.9. The molecule has 3 nitrogen and oxygen atoms in total. The molecule has 0 N–H and O–H groups in total. The third kappa shape index (κ3) is 4.52. The van der Waals surface area contributed by atoms with E-state index >= 15 is 0 Å². The predicted octanol–water partition coefficient (Wildman–Crippen LogP) is 7.26. The lowest BCUT2D eigenvalue weighted by atomic mass is 9.97. The zero-order valence-electron chi connectivity index (χ0n) is 22.2. The number of nitrogens with zero attached hydrogens (tertiary/aromatic N) is 3. The topological polar surface area (TPSA) is 20.6 Å². The Hall–Kier alpha value is -5.15. The van der Waals surface area contributed by atoms with Crippen molar-refractivity contribution in [2.75, 3.05) is 0 Å². The highest BCUT2D eigenvalue weighted by Crippen LogP contribution is 2.30. The van der Waals surface area contributed by atoms with Crippen LogP contribution in [0, 0.1) is 0 Å². The summed E-state index contributed by atoms with van der Waals surface area (Å²) in [6.07, 6.45) is 9.36. The van der Waals surface area contributed by atoms with Crippen molar-refractivity contribution in [3.05, 3.63) is 163 Å². The van der Waals surface area contributed by atoms with Crippen molar-refractivity contribution in [3.63, 3.8) is 0 Å². The van der Waals surface area contributed by atoms with Gasteiger partial charge in [-0.3, -0.25) is 4.98 Å². The molecule has 40 heavy (non-hydrogen) atoms. The first-order valence-electron chi connectivity index (χ1n) is 13.7. The van der Waals surface area contributed by atoms with Gasteiger partial charge in [-0.05, 0) is 47.5 Å². The molecule has 3 heteroatoms. The molecule has 3 aromatic heterocycles. The standard InChI is InChI=1S/C37H29N3/c1-4-16-32(35-19-7-10-22-38-35)28(13-1)25-31-26-29-14-2-5-17-33(29)36-20-8-11-23-39(36)27-30-15-3-6-18-34(30)37-21-9-12-24-40(31)37/h1-25H,26-27H2/q+2/b31-25-. The molecule has 1 aliphatic heterocycles. The number of hydrogen-bond donors (Lipinski definition) is 0. The normalized spacial score (nSPS) is 13.3. The summed E-state index contributed by atoms with van der Waals surface area (Å²) in [5.41, 5.74) is 11.9. The second-order valence-corrected chi connectivity index (χ2v) is 10.1. The van der Waals surface area contributed by atoms with Gasteiger partial charge in [0.1, 0.15) is 0 Å². The second-order valence-electron chi connectivity index (χ2n) is 10.1. The van der Waals surface area contributed by atoms with Crippen molar-refractivity contribution in [1.29, 1.82) is 0 Å². The molecule has 0 atom stereocenters.